The number of piperidine rings is 1. The number of nitrogens with one attached hydrogen (secondary N) is 1. The molecule has 0 bridgehead atoms. The van der Waals surface area contributed by atoms with Gasteiger partial charge in [-0.3, -0.25) is 9.59 Å². The number of esters is 1. The predicted octanol–water partition coefficient (Wildman–Crippen LogP) is 0.642. The van der Waals surface area contributed by atoms with Gasteiger partial charge >= 0.3 is 5.97 Å². The van der Waals surface area contributed by atoms with E-state index in [9.17, 15) is 9.59 Å². The molecule has 5 heteroatoms. The highest BCUT2D eigenvalue weighted by Gasteiger charge is 2.33. The van der Waals surface area contributed by atoms with Crippen LogP contribution in [0.1, 0.15) is 27.2 Å². The lowest BCUT2D eigenvalue weighted by Crippen LogP contribution is -2.53. The van der Waals surface area contributed by atoms with Crippen LogP contribution in [-0.4, -0.2) is 50.1 Å². The number of nitrogens with zero attached hydrogens (tertiary/aromatic N) is 1. The van der Waals surface area contributed by atoms with Crippen LogP contribution >= 0.6 is 0 Å². The van der Waals surface area contributed by atoms with Crippen LogP contribution in [0.4, 0.5) is 0 Å². The molecule has 0 aromatic heterocycles. The first-order valence-electron chi connectivity index (χ1n) is 6.31. The Balaban J connectivity index is 2.61. The van der Waals surface area contributed by atoms with E-state index in [2.05, 4.69) is 10.2 Å². The first-order valence-corrected chi connectivity index (χ1v) is 6.31. The first-order chi connectivity index (χ1) is 8.24. The second kappa shape index (κ2) is 5.69. The summed E-state index contributed by atoms with van der Waals surface area (Å²) in [6.07, 6.45) is 0.652. The molecule has 0 radical (unpaired) electrons. The Kier molecular flexibility index (Phi) is 4.73. The zero-order chi connectivity index (χ0) is 13.9. The normalized spacial score (nSPS) is 25.6. The Labute approximate surface area is 109 Å². The second-order valence-electron chi connectivity index (χ2n) is 6.10. The number of methoxy groups -OCH3 is 1. The molecular formula is C13H24N2O3. The predicted molar refractivity (Wildman–Crippen MR) is 69.0 cm³/mol. The van der Waals surface area contributed by atoms with Crippen LogP contribution in [0, 0.1) is 11.3 Å². The van der Waals surface area contributed by atoms with Gasteiger partial charge in [0.05, 0.1) is 13.0 Å². The van der Waals surface area contributed by atoms with Crippen molar-refractivity contribution in [2.75, 3.05) is 27.2 Å². The summed E-state index contributed by atoms with van der Waals surface area (Å²) < 4.78 is 4.78. The Morgan fingerprint density at radius 2 is 1.89 bits per heavy atom. The maximum atomic E-state index is 11.9. The minimum absolute atomic E-state index is 0.0135. The van der Waals surface area contributed by atoms with Gasteiger partial charge in [-0.05, 0) is 13.5 Å². The van der Waals surface area contributed by atoms with Crippen molar-refractivity contribution < 1.29 is 14.3 Å². The molecule has 1 aliphatic heterocycles. The van der Waals surface area contributed by atoms with Crippen molar-refractivity contribution in [3.05, 3.63) is 0 Å². The van der Waals surface area contributed by atoms with Gasteiger partial charge in [0.1, 0.15) is 0 Å². The van der Waals surface area contributed by atoms with E-state index in [4.69, 9.17) is 4.74 Å². The molecule has 1 amide bonds. The molecule has 1 saturated heterocycles. The summed E-state index contributed by atoms with van der Waals surface area (Å²) in [5.41, 5.74) is -0.406. The smallest absolute Gasteiger partial charge is 0.310 e. The SMILES string of the molecule is COC(=O)C1CC(NC(=O)C(C)(C)C)CN(C)C1. The molecule has 2 atom stereocenters. The van der Waals surface area contributed by atoms with E-state index in [1.54, 1.807) is 0 Å². The fraction of sp³-hybridized carbons (Fsp3) is 0.846. The quantitative estimate of drug-likeness (QED) is 0.737. The van der Waals surface area contributed by atoms with Gasteiger partial charge in [-0.1, -0.05) is 20.8 Å². The number of ether oxygens (including phenoxy) is 1. The summed E-state index contributed by atoms with van der Waals surface area (Å²) >= 11 is 0. The molecule has 5 nitrogen and oxygen atoms in total. The van der Waals surface area contributed by atoms with E-state index in [-0.39, 0.29) is 23.8 Å². The van der Waals surface area contributed by atoms with Crippen molar-refractivity contribution in [3.63, 3.8) is 0 Å². The molecule has 1 fully saturated rings. The van der Waals surface area contributed by atoms with Gasteiger partial charge in [0.15, 0.2) is 0 Å². The monoisotopic (exact) mass is 256 g/mol. The summed E-state index contributed by atoms with van der Waals surface area (Å²) in [5, 5.41) is 3.01. The maximum Gasteiger partial charge on any atom is 0.310 e. The minimum Gasteiger partial charge on any atom is -0.469 e. The lowest BCUT2D eigenvalue weighted by molar-refractivity contribution is -0.148. The average molecular weight is 256 g/mol. The number of carbonyl (C=O) groups is 2. The summed E-state index contributed by atoms with van der Waals surface area (Å²) in [6.45, 7) is 7.11. The van der Waals surface area contributed by atoms with Crippen LogP contribution in [0.15, 0.2) is 0 Å². The molecular weight excluding hydrogens is 232 g/mol. The first kappa shape index (κ1) is 15.0. The van der Waals surface area contributed by atoms with Crippen LogP contribution in [0.5, 0.6) is 0 Å². The third-order valence-corrected chi connectivity index (χ3v) is 3.18. The topological polar surface area (TPSA) is 58.6 Å². The van der Waals surface area contributed by atoms with Gasteiger partial charge in [0.2, 0.25) is 5.91 Å². The largest absolute Gasteiger partial charge is 0.469 e. The van der Waals surface area contributed by atoms with E-state index in [1.807, 2.05) is 27.8 Å². The third-order valence-electron chi connectivity index (χ3n) is 3.18. The Morgan fingerprint density at radius 1 is 1.28 bits per heavy atom. The molecule has 1 rings (SSSR count). The van der Waals surface area contributed by atoms with Gasteiger partial charge < -0.3 is 15.0 Å². The van der Waals surface area contributed by atoms with Crippen LogP contribution in [-0.2, 0) is 14.3 Å². The van der Waals surface area contributed by atoms with E-state index in [0.29, 0.717) is 13.0 Å². The van der Waals surface area contributed by atoms with Gasteiger partial charge in [0, 0.05) is 24.5 Å². The molecule has 2 unspecified atom stereocenters. The van der Waals surface area contributed by atoms with E-state index < -0.39 is 5.41 Å². The molecule has 104 valence electrons. The van der Waals surface area contributed by atoms with Crippen molar-refractivity contribution in [2.45, 2.75) is 33.2 Å². The number of rotatable bonds is 2. The number of hydrogen-bond acceptors (Lipinski definition) is 4. The number of likely N-dealkylation sites (tertiary alicyclic amines) is 1. The van der Waals surface area contributed by atoms with E-state index in [0.717, 1.165) is 6.54 Å². The average Bonchev–Trinajstić information content (AvgIpc) is 2.25. The molecule has 1 N–H and O–H groups in total. The van der Waals surface area contributed by atoms with Crippen LogP contribution in [0.3, 0.4) is 0 Å². The van der Waals surface area contributed by atoms with E-state index >= 15 is 0 Å². The maximum absolute atomic E-state index is 11.9. The number of carbonyl (C=O) groups excluding carboxylic acids is 2. The van der Waals surface area contributed by atoms with Crippen LogP contribution in [0.2, 0.25) is 0 Å². The van der Waals surface area contributed by atoms with Gasteiger partial charge in [-0.25, -0.2) is 0 Å². The van der Waals surface area contributed by atoms with Gasteiger partial charge in [-0.2, -0.15) is 0 Å². The summed E-state index contributed by atoms with van der Waals surface area (Å²) in [5.74, 6) is -0.331. The number of amides is 1. The van der Waals surface area contributed by atoms with E-state index in [1.165, 1.54) is 7.11 Å². The highest BCUT2D eigenvalue weighted by Crippen LogP contribution is 2.19. The molecule has 18 heavy (non-hydrogen) atoms. The summed E-state index contributed by atoms with van der Waals surface area (Å²) in [7, 11) is 3.35. The van der Waals surface area contributed by atoms with Gasteiger partial charge in [0.25, 0.3) is 0 Å². The van der Waals surface area contributed by atoms with Crippen molar-refractivity contribution in [3.8, 4) is 0 Å². The molecule has 0 aromatic rings. The highest BCUT2D eigenvalue weighted by atomic mass is 16.5. The standard InChI is InChI=1S/C13H24N2O3/c1-13(2,3)12(17)14-10-6-9(11(16)18-5)7-15(4)8-10/h9-10H,6-8H2,1-5H3,(H,14,17). The highest BCUT2D eigenvalue weighted by molar-refractivity contribution is 5.81. The summed E-state index contributed by atoms with van der Waals surface area (Å²) in [6, 6.07) is 0.0135. The van der Waals surface area contributed by atoms with Crippen LogP contribution < -0.4 is 5.32 Å². The Morgan fingerprint density at radius 3 is 2.39 bits per heavy atom. The molecule has 0 aromatic carbocycles. The zero-order valence-corrected chi connectivity index (χ0v) is 11.9. The molecule has 1 aliphatic rings. The fourth-order valence-electron chi connectivity index (χ4n) is 2.16. The summed E-state index contributed by atoms with van der Waals surface area (Å²) in [4.78, 5) is 25.6. The molecule has 0 saturated carbocycles. The Bertz CT molecular complexity index is 323. The van der Waals surface area contributed by atoms with Crippen molar-refractivity contribution in [1.82, 2.24) is 10.2 Å². The van der Waals surface area contributed by atoms with Crippen molar-refractivity contribution in [1.29, 1.82) is 0 Å². The van der Waals surface area contributed by atoms with Crippen molar-refractivity contribution >= 4 is 11.9 Å². The van der Waals surface area contributed by atoms with Gasteiger partial charge in [-0.15, -0.1) is 0 Å². The lowest BCUT2D eigenvalue weighted by atomic mass is 9.91. The lowest BCUT2D eigenvalue weighted by Gasteiger charge is -2.35. The minimum atomic E-state index is -0.406. The molecule has 0 aliphatic carbocycles. The number of likely N-dealkylation sites (N-methyl/N-ethyl adjacent to an activating group) is 1. The van der Waals surface area contributed by atoms with Crippen molar-refractivity contribution in [2.24, 2.45) is 11.3 Å². The Hall–Kier alpha value is -1.10. The molecule has 0 spiro atoms. The molecule has 1 heterocycles. The van der Waals surface area contributed by atoms with Crippen LogP contribution in [0.25, 0.3) is 0 Å². The third kappa shape index (κ3) is 3.98. The zero-order valence-electron chi connectivity index (χ0n) is 11.9. The number of hydrogen-bond donors (Lipinski definition) is 1. The fourth-order valence-corrected chi connectivity index (χ4v) is 2.16. The second-order valence-corrected chi connectivity index (χ2v) is 6.10.